The minimum Gasteiger partial charge on any atom is -0.459 e. The molecule has 7 rings (SSSR count). The summed E-state index contributed by atoms with van der Waals surface area (Å²) < 4.78 is 43.2. The van der Waals surface area contributed by atoms with Crippen LogP contribution in [0.3, 0.4) is 0 Å². The number of hydrogen-bond acceptors (Lipinski definition) is 12. The second-order valence-electron chi connectivity index (χ2n) is 24.0. The topological polar surface area (TPSA) is 163 Å². The van der Waals surface area contributed by atoms with Crippen molar-refractivity contribution >= 4 is 23.9 Å². The zero-order valence-electron chi connectivity index (χ0n) is 39.5. The molecule has 3 heterocycles. The van der Waals surface area contributed by atoms with Gasteiger partial charge in [0, 0.05) is 23.2 Å². The van der Waals surface area contributed by atoms with Gasteiger partial charge in [0.05, 0.1) is 66.4 Å². The first-order chi connectivity index (χ1) is 28.0. The van der Waals surface area contributed by atoms with Crippen LogP contribution in [-0.4, -0.2) is 92.1 Å². The fraction of sp³-hybridized carbons (Fsp3) is 0.918. The first-order valence-electron chi connectivity index (χ1n) is 23.6. The quantitative estimate of drug-likeness (QED) is 0.0895. The van der Waals surface area contributed by atoms with E-state index in [4.69, 9.17) is 33.2 Å². The molecule has 0 aromatic heterocycles. The molecule has 0 spiro atoms. The number of fused-ring (bicyclic) bond motifs is 3. The summed E-state index contributed by atoms with van der Waals surface area (Å²) in [5, 5.41) is 10.7. The summed E-state index contributed by atoms with van der Waals surface area (Å²) >= 11 is 0. The van der Waals surface area contributed by atoms with E-state index in [-0.39, 0.29) is 58.8 Å². The van der Waals surface area contributed by atoms with E-state index in [9.17, 15) is 24.3 Å². The Labute approximate surface area is 364 Å². The van der Waals surface area contributed by atoms with Gasteiger partial charge in [-0.1, -0.05) is 0 Å². The van der Waals surface area contributed by atoms with Gasteiger partial charge in [-0.3, -0.25) is 19.2 Å². The van der Waals surface area contributed by atoms with Crippen LogP contribution < -0.4 is 0 Å². The third-order valence-corrected chi connectivity index (χ3v) is 17.1. The van der Waals surface area contributed by atoms with Gasteiger partial charge < -0.3 is 38.3 Å². The Morgan fingerprint density at radius 2 is 0.705 bits per heavy atom. The third kappa shape index (κ3) is 10.5. The number of carbonyl (C=O) groups is 4. The van der Waals surface area contributed by atoms with Crippen LogP contribution >= 0.6 is 0 Å². The van der Waals surface area contributed by atoms with E-state index in [1.807, 2.05) is 62.3 Å². The van der Waals surface area contributed by atoms with Crippen LogP contribution in [0.2, 0.25) is 0 Å². The number of epoxide rings is 3. The van der Waals surface area contributed by atoms with Crippen molar-refractivity contribution in [3.63, 3.8) is 0 Å². The highest BCUT2D eigenvalue weighted by Gasteiger charge is 2.60. The average Bonchev–Trinajstić information content (AvgIpc) is 4.04. The Balaban J connectivity index is 1.14. The molecule has 12 nitrogen and oxygen atoms in total. The number of rotatable bonds is 16. The summed E-state index contributed by atoms with van der Waals surface area (Å²) in [5.41, 5.74) is -6.19. The van der Waals surface area contributed by atoms with E-state index >= 15 is 0 Å². The maximum absolute atomic E-state index is 14.5. The molecule has 3 aliphatic heterocycles. The second kappa shape index (κ2) is 15.7. The van der Waals surface area contributed by atoms with Gasteiger partial charge in [-0.15, -0.1) is 0 Å². The van der Waals surface area contributed by atoms with Gasteiger partial charge in [-0.2, -0.15) is 0 Å². The van der Waals surface area contributed by atoms with Crippen LogP contribution in [0.25, 0.3) is 0 Å². The lowest BCUT2D eigenvalue weighted by atomic mass is 9.72. The number of ether oxygens (including phenoxy) is 7. The fourth-order valence-electron chi connectivity index (χ4n) is 12.0. The van der Waals surface area contributed by atoms with Crippen LogP contribution in [0.4, 0.5) is 0 Å². The molecule has 0 radical (unpaired) electrons. The van der Waals surface area contributed by atoms with Crippen LogP contribution in [0.1, 0.15) is 192 Å². The first-order valence-corrected chi connectivity index (χ1v) is 23.6. The van der Waals surface area contributed by atoms with Gasteiger partial charge in [-0.25, -0.2) is 0 Å². The van der Waals surface area contributed by atoms with Crippen molar-refractivity contribution < 1.29 is 57.4 Å². The monoisotopic (exact) mass is 859 g/mol. The van der Waals surface area contributed by atoms with Gasteiger partial charge in [-0.05, 0) is 172 Å². The molecule has 61 heavy (non-hydrogen) atoms. The number of aliphatic hydroxyl groups is 1. The normalized spacial score (nSPS) is 39.3. The summed E-state index contributed by atoms with van der Waals surface area (Å²) in [7, 11) is 0. The molecule has 7 aliphatic rings. The van der Waals surface area contributed by atoms with Crippen LogP contribution in [0, 0.1) is 29.1 Å². The van der Waals surface area contributed by atoms with Crippen molar-refractivity contribution in [3.05, 3.63) is 0 Å². The molecule has 3 saturated heterocycles. The van der Waals surface area contributed by atoms with E-state index in [0.29, 0.717) is 25.7 Å². The van der Waals surface area contributed by atoms with E-state index in [1.165, 1.54) is 0 Å². The van der Waals surface area contributed by atoms with Gasteiger partial charge in [0.15, 0.2) is 0 Å². The number of hydrogen-bond donors (Lipinski definition) is 1. The number of carbonyl (C=O) groups excluding carboxylic acids is 4. The highest BCUT2D eigenvalue weighted by Crippen LogP contribution is 2.55. The zero-order chi connectivity index (χ0) is 44.8. The van der Waals surface area contributed by atoms with Crippen LogP contribution in [0.15, 0.2) is 0 Å². The minimum atomic E-state index is -1.59. The maximum atomic E-state index is 14.5. The number of esters is 4. The van der Waals surface area contributed by atoms with Crippen molar-refractivity contribution in [2.75, 3.05) is 0 Å². The lowest BCUT2D eigenvalue weighted by Crippen LogP contribution is -2.46. The molecule has 0 bridgehead atoms. The van der Waals surface area contributed by atoms with Crippen molar-refractivity contribution in [1.29, 1.82) is 0 Å². The molecule has 346 valence electrons. The average molecular weight is 859 g/mol. The largest absolute Gasteiger partial charge is 0.459 e. The third-order valence-electron chi connectivity index (χ3n) is 17.1. The Morgan fingerprint density at radius 1 is 0.459 bits per heavy atom. The van der Waals surface area contributed by atoms with Crippen molar-refractivity contribution in [1.82, 2.24) is 0 Å². The molecule has 4 saturated carbocycles. The standard InChI is InChI=1S/C49H78O12/c1-41(2,30-13-18-45(9,54)19-14-30)58-37(50)26-49(27-38(51)59-42(3,4)31-15-20-46(10)34(23-31)55-46,28-39(52)60-43(5,6)32-16-21-47(11)35(24-32)56-47)29-40(53)61-44(7,8)33-17-22-48(12)36(25-33)57-48/h30-36,54H,13-29H2,1-12H3. The van der Waals surface area contributed by atoms with E-state index < -0.39 is 83.0 Å². The summed E-state index contributed by atoms with van der Waals surface area (Å²) in [5.74, 6) is -2.31. The predicted octanol–water partition coefficient (Wildman–Crippen LogP) is 8.63. The minimum absolute atomic E-state index is 0.0123. The van der Waals surface area contributed by atoms with Gasteiger partial charge in [0.2, 0.25) is 0 Å². The zero-order valence-corrected chi connectivity index (χ0v) is 39.5. The fourth-order valence-corrected chi connectivity index (χ4v) is 12.0. The second-order valence-corrected chi connectivity index (χ2v) is 24.0. The first kappa shape index (κ1) is 46.7. The molecular weight excluding hydrogens is 781 g/mol. The van der Waals surface area contributed by atoms with Crippen LogP contribution in [-0.2, 0) is 52.3 Å². The Kier molecular flexibility index (Phi) is 12.0. The van der Waals surface area contributed by atoms with Crippen molar-refractivity contribution in [2.24, 2.45) is 29.1 Å². The predicted molar refractivity (Wildman–Crippen MR) is 226 cm³/mol. The van der Waals surface area contributed by atoms with Gasteiger partial charge >= 0.3 is 23.9 Å². The Morgan fingerprint density at radius 3 is 0.967 bits per heavy atom. The van der Waals surface area contributed by atoms with Gasteiger partial charge in [0.25, 0.3) is 0 Å². The molecule has 4 aliphatic carbocycles. The summed E-state index contributed by atoms with van der Waals surface area (Å²) in [6.07, 6.45) is 8.69. The molecule has 0 amide bonds. The van der Waals surface area contributed by atoms with E-state index in [1.54, 1.807) is 0 Å². The lowest BCUT2D eigenvalue weighted by molar-refractivity contribution is -0.178. The Bertz CT molecular complexity index is 1550. The Hall–Kier alpha value is -2.28. The maximum Gasteiger partial charge on any atom is 0.306 e. The summed E-state index contributed by atoms with van der Waals surface area (Å²) in [6.45, 7) is 23.4. The van der Waals surface area contributed by atoms with Crippen LogP contribution in [0.5, 0.6) is 0 Å². The van der Waals surface area contributed by atoms with E-state index in [0.717, 1.165) is 57.8 Å². The molecule has 0 aromatic carbocycles. The summed E-state index contributed by atoms with van der Waals surface area (Å²) in [4.78, 5) is 57.8. The van der Waals surface area contributed by atoms with Crippen molar-refractivity contribution in [3.8, 4) is 0 Å². The molecule has 7 fully saturated rings. The SMILES string of the molecule is CC1(O)CCC(C(C)(C)OC(=O)CC(CC(=O)OC(C)(C)C2CCC3(C)OC3C2)(CC(=O)OC(C)(C)C2CCC3(C)OC3C2)CC(=O)OC(C)(C)C2CCC3(C)OC3C2)CC1. The van der Waals surface area contributed by atoms with Gasteiger partial charge in [0.1, 0.15) is 22.4 Å². The molecule has 12 heteroatoms. The molecule has 0 aromatic rings. The molecule has 9 unspecified atom stereocenters. The summed E-state index contributed by atoms with van der Waals surface area (Å²) in [6, 6.07) is 0. The highest BCUT2D eigenvalue weighted by molar-refractivity contribution is 5.82. The van der Waals surface area contributed by atoms with Crippen molar-refractivity contribution in [2.45, 2.75) is 255 Å². The highest BCUT2D eigenvalue weighted by atomic mass is 16.6. The molecule has 9 atom stereocenters. The molecular formula is C49H78O12. The molecule has 1 N–H and O–H groups in total. The van der Waals surface area contributed by atoms with E-state index in [2.05, 4.69) is 20.8 Å². The lowest BCUT2D eigenvalue weighted by Gasteiger charge is -2.42. The smallest absolute Gasteiger partial charge is 0.306 e.